The van der Waals surface area contributed by atoms with Crippen LogP contribution in [-0.4, -0.2) is 43.7 Å². The molecule has 4 aliphatic rings. The molecule has 4 fully saturated rings. The molecule has 0 radical (unpaired) electrons. The van der Waals surface area contributed by atoms with Gasteiger partial charge < -0.3 is 9.47 Å². The van der Waals surface area contributed by atoms with Crippen LogP contribution in [0.2, 0.25) is 0 Å². The summed E-state index contributed by atoms with van der Waals surface area (Å²) >= 11 is 0. The first-order valence-electron chi connectivity index (χ1n) is 12.6. The Hall–Kier alpha value is -0.880. The smallest absolute Gasteiger partial charge is 0.377 e. The maximum absolute atomic E-state index is 12.8. The Morgan fingerprint density at radius 1 is 0.700 bits per heavy atom. The molecule has 4 atom stereocenters. The molecule has 0 amide bonds. The van der Waals surface area contributed by atoms with Crippen LogP contribution >= 0.6 is 0 Å². The molecular formula is C24H42NO5+. The van der Waals surface area contributed by atoms with E-state index in [-0.39, 0.29) is 34.9 Å². The van der Waals surface area contributed by atoms with Crippen molar-refractivity contribution in [2.24, 2.45) is 22.7 Å². The number of hydrogen-bond acceptors (Lipinski definition) is 5. The summed E-state index contributed by atoms with van der Waals surface area (Å²) in [5, 5.41) is 0.414. The monoisotopic (exact) mass is 424 g/mol. The zero-order chi connectivity index (χ0) is 21.0. The van der Waals surface area contributed by atoms with Gasteiger partial charge >= 0.3 is 5.09 Å². The van der Waals surface area contributed by atoms with Crippen LogP contribution in [0.4, 0.5) is 0 Å². The van der Waals surface area contributed by atoms with Crippen LogP contribution in [0.15, 0.2) is 0 Å². The van der Waals surface area contributed by atoms with Crippen LogP contribution < -0.4 is 0 Å². The summed E-state index contributed by atoms with van der Waals surface area (Å²) in [7, 11) is 0. The molecule has 2 saturated heterocycles. The number of rotatable bonds is 8. The van der Waals surface area contributed by atoms with Gasteiger partial charge in [-0.3, -0.25) is 0 Å². The van der Waals surface area contributed by atoms with E-state index in [4.69, 9.17) is 19.1 Å². The molecule has 2 heterocycles. The predicted octanol–water partition coefficient (Wildman–Crippen LogP) is 5.38. The van der Waals surface area contributed by atoms with Crippen LogP contribution in [-0.2, 0) is 19.1 Å². The number of hydrogen-bond donors (Lipinski definition) is 0. The molecule has 6 heteroatoms. The lowest BCUT2D eigenvalue weighted by Crippen LogP contribution is -2.43. The minimum atomic E-state index is -0.212. The molecule has 6 nitrogen and oxygen atoms in total. The van der Waals surface area contributed by atoms with Gasteiger partial charge in [-0.25, -0.2) is 0 Å². The normalized spacial score (nSPS) is 35.8. The van der Waals surface area contributed by atoms with Crippen molar-refractivity contribution in [2.75, 3.05) is 26.4 Å². The summed E-state index contributed by atoms with van der Waals surface area (Å²) in [6.07, 6.45) is 14.4. The average molecular weight is 425 g/mol. The van der Waals surface area contributed by atoms with Crippen LogP contribution in [0.25, 0.3) is 0 Å². The largest absolute Gasteiger partial charge is 0.478 e. The lowest BCUT2D eigenvalue weighted by Gasteiger charge is -2.42. The summed E-state index contributed by atoms with van der Waals surface area (Å²) in [6.45, 7) is 6.92. The molecule has 0 aromatic rings. The quantitative estimate of drug-likeness (QED) is 0.490. The van der Waals surface area contributed by atoms with Gasteiger partial charge in [-0.05, 0) is 49.4 Å². The Bertz CT molecular complexity index is 522. The summed E-state index contributed by atoms with van der Waals surface area (Å²) < 4.78 is 11.6. The molecule has 172 valence electrons. The molecule has 4 rings (SSSR count). The van der Waals surface area contributed by atoms with Gasteiger partial charge in [0.15, 0.2) is 0 Å². The van der Waals surface area contributed by atoms with E-state index >= 15 is 0 Å². The van der Waals surface area contributed by atoms with Crippen molar-refractivity contribution in [1.82, 2.24) is 0 Å². The van der Waals surface area contributed by atoms with Crippen molar-refractivity contribution in [1.29, 1.82) is 0 Å². The number of ether oxygens (including phenoxy) is 2. The van der Waals surface area contributed by atoms with Crippen molar-refractivity contribution in [3.8, 4) is 0 Å². The molecule has 30 heavy (non-hydrogen) atoms. The molecular weight excluding hydrogens is 382 g/mol. The Morgan fingerprint density at radius 3 is 1.47 bits per heavy atom. The second-order valence-electron chi connectivity index (χ2n) is 10.4. The van der Waals surface area contributed by atoms with Gasteiger partial charge in [0.05, 0.1) is 26.4 Å². The van der Waals surface area contributed by atoms with Crippen LogP contribution in [0.3, 0.4) is 0 Å². The summed E-state index contributed by atoms with van der Waals surface area (Å²) in [6, 6.07) is 0. The SMILES string of the molecule is CCC1(C2COCC2O[N+](=O)OC2COCC2C2(CC)CCCCC2)CCCCC1. The van der Waals surface area contributed by atoms with Crippen molar-refractivity contribution in [2.45, 2.75) is 103 Å². The zero-order valence-electron chi connectivity index (χ0n) is 19.1. The van der Waals surface area contributed by atoms with E-state index in [0.29, 0.717) is 31.5 Å². The van der Waals surface area contributed by atoms with Crippen LogP contribution in [0, 0.1) is 27.6 Å². The molecule has 2 saturated carbocycles. The first-order valence-corrected chi connectivity index (χ1v) is 12.6. The molecule has 0 spiro atoms. The fourth-order valence-electron chi connectivity index (χ4n) is 7.15. The van der Waals surface area contributed by atoms with E-state index < -0.39 is 0 Å². The van der Waals surface area contributed by atoms with Crippen molar-refractivity contribution >= 4 is 0 Å². The molecule has 2 aliphatic carbocycles. The minimum Gasteiger partial charge on any atom is -0.377 e. The summed E-state index contributed by atoms with van der Waals surface area (Å²) in [5.41, 5.74) is 0.487. The molecule has 0 aromatic heterocycles. The minimum absolute atomic E-state index is 0.212. The fourth-order valence-corrected chi connectivity index (χ4v) is 7.15. The van der Waals surface area contributed by atoms with Crippen molar-refractivity contribution in [3.05, 3.63) is 4.91 Å². The standard InChI is InChI=1S/C24H42NO5/c1-3-23(11-7-5-8-12-23)19-15-27-17-21(19)29-25(26)30-22-18-28-16-20(22)24(4-2)13-9-6-10-14-24/h19-22H,3-18H2,1-2H3/q+1. The van der Waals surface area contributed by atoms with Gasteiger partial charge in [0.2, 0.25) is 12.2 Å². The van der Waals surface area contributed by atoms with E-state index in [0.717, 1.165) is 12.8 Å². The highest BCUT2D eigenvalue weighted by atomic mass is 17.0. The van der Waals surface area contributed by atoms with Gasteiger partial charge in [0.1, 0.15) is 4.91 Å². The molecule has 2 aliphatic heterocycles. The summed E-state index contributed by atoms with van der Waals surface area (Å²) in [4.78, 5) is 24.4. The second kappa shape index (κ2) is 9.72. The maximum Gasteiger partial charge on any atom is 0.478 e. The zero-order valence-corrected chi connectivity index (χ0v) is 19.1. The Balaban J connectivity index is 1.37. The molecule has 4 unspecified atom stereocenters. The van der Waals surface area contributed by atoms with Gasteiger partial charge in [-0.1, -0.05) is 52.4 Å². The Kier molecular flexibility index (Phi) is 7.23. The summed E-state index contributed by atoms with van der Waals surface area (Å²) in [5.74, 6) is 0.553. The third-order valence-corrected chi connectivity index (χ3v) is 9.18. The second-order valence-corrected chi connectivity index (χ2v) is 10.4. The van der Waals surface area contributed by atoms with Gasteiger partial charge in [0.25, 0.3) is 0 Å². The predicted molar refractivity (Wildman–Crippen MR) is 114 cm³/mol. The average Bonchev–Trinajstić information content (AvgIpc) is 3.45. The highest BCUT2D eigenvalue weighted by molar-refractivity contribution is 4.95. The topological polar surface area (TPSA) is 57.0 Å². The Labute approximate surface area is 181 Å². The fraction of sp³-hybridized carbons (Fsp3) is 1.00. The number of nitrogens with zero attached hydrogens (tertiary/aromatic N) is 1. The van der Waals surface area contributed by atoms with E-state index in [1.165, 1.54) is 64.2 Å². The van der Waals surface area contributed by atoms with E-state index in [1.807, 2.05) is 0 Å². The lowest BCUT2D eigenvalue weighted by molar-refractivity contribution is -0.994. The third kappa shape index (κ3) is 4.36. The third-order valence-electron chi connectivity index (χ3n) is 9.18. The first kappa shape index (κ1) is 22.3. The maximum atomic E-state index is 12.8. The van der Waals surface area contributed by atoms with Gasteiger partial charge in [-0.2, -0.15) is 9.68 Å². The van der Waals surface area contributed by atoms with E-state index in [1.54, 1.807) is 0 Å². The molecule has 0 N–H and O–H groups in total. The first-order chi connectivity index (χ1) is 14.6. The molecule has 0 aromatic carbocycles. The highest BCUT2D eigenvalue weighted by Gasteiger charge is 2.52. The highest BCUT2D eigenvalue weighted by Crippen LogP contribution is 2.50. The lowest BCUT2D eigenvalue weighted by atomic mass is 9.63. The van der Waals surface area contributed by atoms with Crippen molar-refractivity contribution in [3.63, 3.8) is 0 Å². The van der Waals surface area contributed by atoms with Gasteiger partial charge in [0, 0.05) is 11.8 Å². The van der Waals surface area contributed by atoms with Crippen LogP contribution in [0.5, 0.6) is 0 Å². The van der Waals surface area contributed by atoms with Gasteiger partial charge in [-0.15, -0.1) is 0 Å². The van der Waals surface area contributed by atoms with E-state index in [9.17, 15) is 4.91 Å². The Morgan fingerprint density at radius 2 is 1.10 bits per heavy atom. The van der Waals surface area contributed by atoms with Crippen molar-refractivity contribution < 1.29 is 24.2 Å². The van der Waals surface area contributed by atoms with Crippen LogP contribution in [0.1, 0.15) is 90.9 Å². The molecule has 0 bridgehead atoms. The van der Waals surface area contributed by atoms with E-state index in [2.05, 4.69) is 13.8 Å².